The summed E-state index contributed by atoms with van der Waals surface area (Å²) in [4.78, 5) is 22.2. The topological polar surface area (TPSA) is 159 Å². The maximum Gasteiger partial charge on any atom is 0.303 e. The lowest BCUT2D eigenvalue weighted by Gasteiger charge is -2.21. The molecule has 2 aromatic heterocycles. The summed E-state index contributed by atoms with van der Waals surface area (Å²) in [5, 5.41) is 15.5. The van der Waals surface area contributed by atoms with Crippen molar-refractivity contribution in [2.75, 3.05) is 6.54 Å². The average Bonchev–Trinajstić information content (AvgIpc) is 3.75. The number of benzene rings is 3. The van der Waals surface area contributed by atoms with Gasteiger partial charge in [-0.15, -0.1) is 0 Å². The quantitative estimate of drug-likeness (QED) is 0.102. The number of rotatable bonds is 4. The van der Waals surface area contributed by atoms with E-state index in [9.17, 15) is 9.90 Å². The van der Waals surface area contributed by atoms with Crippen molar-refractivity contribution in [3.8, 4) is 22.9 Å². The molecule has 0 aliphatic carbocycles. The number of nitrogens with two attached hydrogens (primary N) is 2. The molecule has 7 N–H and O–H groups in total. The van der Waals surface area contributed by atoms with Crippen LogP contribution in [0.2, 0.25) is 0 Å². The lowest BCUT2D eigenvalue weighted by atomic mass is 9.89. The van der Waals surface area contributed by atoms with Crippen molar-refractivity contribution in [1.82, 2.24) is 20.0 Å². The number of H-pyrrole nitrogens is 2. The van der Waals surface area contributed by atoms with Crippen LogP contribution in [-0.4, -0.2) is 43.4 Å². The monoisotopic (exact) mass is 655 g/mol. The summed E-state index contributed by atoms with van der Waals surface area (Å²) < 4.78 is 37.1. The van der Waals surface area contributed by atoms with Gasteiger partial charge in [-0.05, 0) is 67.5 Å². The number of fused-ring (bicyclic) bond motifs is 8. The third kappa shape index (κ3) is 7.33. The number of carboxylic acid groups (broad SMARTS) is 1. The van der Waals surface area contributed by atoms with E-state index in [-0.39, 0.29) is 29.4 Å². The Morgan fingerprint density at radius 1 is 1.06 bits per heavy atom. The molecule has 0 radical (unpaired) electrons. The number of halogens is 2. The summed E-state index contributed by atoms with van der Waals surface area (Å²) in [7, 11) is 0. The van der Waals surface area contributed by atoms with Crippen LogP contribution in [0.1, 0.15) is 73.2 Å². The molecule has 3 aromatic carbocycles. The molecule has 10 nitrogen and oxygen atoms in total. The molecule has 12 heteroatoms. The average molecular weight is 656 g/mol. The Balaban J connectivity index is 1.39. The minimum atomic E-state index is -0.852. The van der Waals surface area contributed by atoms with E-state index < -0.39 is 17.6 Å². The standard InChI is InChI=1S/C36H39F2N7O3/c37-29-13-12-24-19-28(29)36-42-21-32(43-36)25(23-7-4-6-22(18-23)11-14-34(46)47)8-2-1-3-10-33(44-39)45(40)17-5-9-27-26-15-16-41-31(26)20-30(38)35(27)48-24/h4,6-7,12-13,15-16,18-21,25,41H,1-3,5,8-11,14,17,39-40H2,(H,42,43)(H,46,47)/b44-33-. The highest BCUT2D eigenvalue weighted by Gasteiger charge is 2.22. The van der Waals surface area contributed by atoms with Gasteiger partial charge in [0.15, 0.2) is 11.6 Å². The first-order valence-electron chi connectivity index (χ1n) is 16.2. The summed E-state index contributed by atoms with van der Waals surface area (Å²) in [5.41, 5.74) is 4.23. The number of amidine groups is 1. The Labute approximate surface area is 276 Å². The number of hydrazone groups is 1. The second-order valence-electron chi connectivity index (χ2n) is 12.2. The smallest absolute Gasteiger partial charge is 0.303 e. The van der Waals surface area contributed by atoms with E-state index in [2.05, 4.69) is 20.1 Å². The highest BCUT2D eigenvalue weighted by atomic mass is 19.1. The zero-order chi connectivity index (χ0) is 33.6. The van der Waals surface area contributed by atoms with Crippen LogP contribution < -0.4 is 16.4 Å². The number of aliphatic carboxylic acids is 1. The normalized spacial score (nSPS) is 17.2. The van der Waals surface area contributed by atoms with Gasteiger partial charge in [0.2, 0.25) is 0 Å². The van der Waals surface area contributed by atoms with E-state index in [1.165, 1.54) is 24.3 Å². The van der Waals surface area contributed by atoms with Gasteiger partial charge in [0.1, 0.15) is 23.2 Å². The van der Waals surface area contributed by atoms with Gasteiger partial charge in [-0.2, -0.15) is 5.10 Å². The predicted octanol–water partition coefficient (Wildman–Crippen LogP) is 7.12. The first kappa shape index (κ1) is 32.7. The molecule has 1 aliphatic rings. The largest absolute Gasteiger partial charge is 0.481 e. The number of nitrogens with one attached hydrogen (secondary N) is 2. The van der Waals surface area contributed by atoms with Gasteiger partial charge >= 0.3 is 5.97 Å². The number of aromatic nitrogens is 3. The number of hydrogen-bond acceptors (Lipinski definition) is 6. The molecule has 1 unspecified atom stereocenters. The maximum absolute atomic E-state index is 15.6. The number of hydrazine groups is 1. The number of nitrogens with zero attached hydrogens (tertiary/aromatic N) is 3. The van der Waals surface area contributed by atoms with Crippen LogP contribution in [0.25, 0.3) is 22.3 Å². The first-order valence-corrected chi connectivity index (χ1v) is 16.2. The van der Waals surface area contributed by atoms with Crippen LogP contribution in [0.3, 0.4) is 0 Å². The SMILES string of the molecule is N/N=C1/CCCCCC(c2cccc(CCC(=O)O)c2)c2cnc([nH]2)-c2cc(ccc2F)Oc2c(F)cc3[nH]ccc3c2CCCN1N. The molecule has 1 aliphatic heterocycles. The summed E-state index contributed by atoms with van der Waals surface area (Å²) in [5.74, 6) is 11.4. The van der Waals surface area contributed by atoms with Crippen LogP contribution in [0.4, 0.5) is 8.78 Å². The molecule has 6 rings (SSSR count). The fourth-order valence-electron chi connectivity index (χ4n) is 6.46. The van der Waals surface area contributed by atoms with E-state index in [1.807, 2.05) is 30.3 Å². The van der Waals surface area contributed by atoms with Crippen molar-refractivity contribution >= 4 is 22.7 Å². The van der Waals surface area contributed by atoms with Crippen molar-refractivity contribution in [3.63, 3.8) is 0 Å². The summed E-state index contributed by atoms with van der Waals surface area (Å²) in [6.07, 6.45) is 8.87. The maximum atomic E-state index is 15.6. The lowest BCUT2D eigenvalue weighted by molar-refractivity contribution is -0.136. The number of hydrogen-bond donors (Lipinski definition) is 5. The molecule has 0 saturated heterocycles. The Kier molecular flexibility index (Phi) is 10.0. The van der Waals surface area contributed by atoms with Crippen molar-refractivity contribution in [2.24, 2.45) is 16.8 Å². The molecule has 1 atom stereocenters. The molecule has 5 aromatic rings. The molecular weight excluding hydrogens is 616 g/mol. The second-order valence-corrected chi connectivity index (χ2v) is 12.2. The Hall–Kier alpha value is -5.23. The highest BCUT2D eigenvalue weighted by molar-refractivity contribution is 5.86. The van der Waals surface area contributed by atoms with Gasteiger partial charge in [-0.1, -0.05) is 37.1 Å². The van der Waals surface area contributed by atoms with Gasteiger partial charge in [0, 0.05) is 65.9 Å². The number of aromatic amines is 2. The van der Waals surface area contributed by atoms with Crippen LogP contribution in [-0.2, 0) is 17.6 Å². The van der Waals surface area contributed by atoms with Gasteiger partial charge in [0.05, 0.1) is 5.56 Å². The fourth-order valence-corrected chi connectivity index (χ4v) is 6.46. The molecule has 250 valence electrons. The van der Waals surface area contributed by atoms with E-state index in [0.717, 1.165) is 47.9 Å². The number of aryl methyl sites for hydroxylation is 2. The van der Waals surface area contributed by atoms with Gasteiger partial charge in [-0.3, -0.25) is 9.80 Å². The second kappa shape index (κ2) is 14.7. The molecule has 0 fully saturated rings. The molecule has 48 heavy (non-hydrogen) atoms. The number of carboxylic acids is 1. The van der Waals surface area contributed by atoms with Crippen molar-refractivity contribution < 1.29 is 23.4 Å². The zero-order valence-corrected chi connectivity index (χ0v) is 26.5. The summed E-state index contributed by atoms with van der Waals surface area (Å²) in [6, 6.07) is 15.4. The van der Waals surface area contributed by atoms with Crippen molar-refractivity contribution in [2.45, 2.75) is 63.7 Å². The van der Waals surface area contributed by atoms with E-state index in [0.29, 0.717) is 55.0 Å². The van der Waals surface area contributed by atoms with Crippen LogP contribution >= 0.6 is 0 Å². The lowest BCUT2D eigenvalue weighted by Crippen LogP contribution is -2.39. The van der Waals surface area contributed by atoms with Crippen molar-refractivity contribution in [3.05, 3.63) is 101 Å². The van der Waals surface area contributed by atoms with E-state index in [4.69, 9.17) is 16.4 Å². The minimum absolute atomic E-state index is 0.0354. The van der Waals surface area contributed by atoms with Gasteiger partial charge in [0.25, 0.3) is 0 Å². The van der Waals surface area contributed by atoms with Gasteiger partial charge in [-0.25, -0.2) is 19.6 Å². The number of imidazole rings is 1. The zero-order valence-electron chi connectivity index (χ0n) is 26.5. The van der Waals surface area contributed by atoms with Crippen LogP contribution in [0, 0.1) is 11.6 Å². The van der Waals surface area contributed by atoms with Gasteiger partial charge < -0.3 is 25.7 Å². The molecular formula is C36H39F2N7O3. The Bertz CT molecular complexity index is 1940. The predicted molar refractivity (Wildman–Crippen MR) is 180 cm³/mol. The molecule has 3 heterocycles. The first-order chi connectivity index (χ1) is 23.3. The van der Waals surface area contributed by atoms with E-state index in [1.54, 1.807) is 17.4 Å². The van der Waals surface area contributed by atoms with E-state index >= 15 is 8.78 Å². The summed E-state index contributed by atoms with van der Waals surface area (Å²) >= 11 is 0. The number of carbonyl (C=O) groups is 1. The third-order valence-electron chi connectivity index (χ3n) is 8.93. The molecule has 0 amide bonds. The molecule has 0 spiro atoms. The molecule has 0 saturated carbocycles. The Morgan fingerprint density at radius 2 is 1.94 bits per heavy atom. The van der Waals surface area contributed by atoms with Crippen molar-refractivity contribution in [1.29, 1.82) is 0 Å². The third-order valence-corrected chi connectivity index (χ3v) is 8.93. The highest BCUT2D eigenvalue weighted by Crippen LogP contribution is 2.37. The minimum Gasteiger partial charge on any atom is -0.481 e. The molecule has 4 bridgehead atoms. The fraction of sp³-hybridized carbons (Fsp3) is 0.306. The summed E-state index contributed by atoms with van der Waals surface area (Å²) in [6.45, 7) is 0.443. The Morgan fingerprint density at radius 3 is 2.77 bits per heavy atom. The van der Waals surface area contributed by atoms with Crippen LogP contribution in [0.15, 0.2) is 72.1 Å². The number of ether oxygens (including phenoxy) is 1. The van der Waals surface area contributed by atoms with Crippen LogP contribution in [0.5, 0.6) is 11.5 Å².